The topological polar surface area (TPSA) is 90.6 Å². The Bertz CT molecular complexity index is 1220. The highest BCUT2D eigenvalue weighted by molar-refractivity contribution is 7.13. The third kappa shape index (κ3) is 3.71. The predicted octanol–water partition coefficient (Wildman–Crippen LogP) is 3.67. The van der Waals surface area contributed by atoms with Gasteiger partial charge in [0.05, 0.1) is 31.2 Å². The van der Waals surface area contributed by atoms with Crippen LogP contribution in [0.15, 0.2) is 35.7 Å². The number of nitrogens with zero attached hydrogens (tertiary/aromatic N) is 4. The van der Waals surface area contributed by atoms with Crippen LogP contribution in [0.1, 0.15) is 17.0 Å². The standard InChI is InChI=1S/C21H21N5O3S/c1-12-15(11-19(27)23-16-8-7-14(28-3)10-17(16)29-4)13(2)26-21(22-12)24-20(25-26)18-6-5-9-30-18/h5-10H,11H2,1-4H3,(H,23,27). The fraction of sp³-hybridized carbons (Fsp3) is 0.238. The Morgan fingerprint density at radius 2 is 2.00 bits per heavy atom. The second kappa shape index (κ2) is 8.11. The number of anilines is 1. The van der Waals surface area contributed by atoms with Crippen molar-refractivity contribution in [2.75, 3.05) is 19.5 Å². The Morgan fingerprint density at radius 1 is 1.17 bits per heavy atom. The van der Waals surface area contributed by atoms with Crippen LogP contribution in [0.3, 0.4) is 0 Å². The van der Waals surface area contributed by atoms with Crippen LogP contribution in [0, 0.1) is 13.8 Å². The molecular formula is C21H21N5O3S. The number of amides is 1. The molecule has 1 N–H and O–H groups in total. The Morgan fingerprint density at radius 3 is 2.70 bits per heavy atom. The van der Waals surface area contributed by atoms with Crippen LogP contribution in [-0.4, -0.2) is 39.7 Å². The first kappa shape index (κ1) is 19.8. The monoisotopic (exact) mass is 423 g/mol. The maximum absolute atomic E-state index is 12.8. The van der Waals surface area contributed by atoms with Gasteiger partial charge in [-0.25, -0.2) is 9.50 Å². The molecule has 3 aromatic heterocycles. The van der Waals surface area contributed by atoms with E-state index in [1.165, 1.54) is 0 Å². The van der Waals surface area contributed by atoms with E-state index >= 15 is 0 Å². The number of ether oxygens (including phenoxy) is 2. The first-order valence-corrected chi connectivity index (χ1v) is 10.2. The molecule has 154 valence electrons. The van der Waals surface area contributed by atoms with Crippen molar-refractivity contribution in [1.82, 2.24) is 19.6 Å². The summed E-state index contributed by atoms with van der Waals surface area (Å²) < 4.78 is 12.2. The lowest BCUT2D eigenvalue weighted by molar-refractivity contribution is -0.115. The SMILES string of the molecule is COc1ccc(NC(=O)Cc2c(C)nc3nc(-c4cccs4)nn3c2C)c(OC)c1. The molecule has 4 rings (SSSR count). The minimum absolute atomic E-state index is 0.157. The molecule has 1 aromatic carbocycles. The average molecular weight is 423 g/mol. The van der Waals surface area contributed by atoms with E-state index in [1.807, 2.05) is 31.4 Å². The maximum Gasteiger partial charge on any atom is 0.253 e. The van der Waals surface area contributed by atoms with Crippen molar-refractivity contribution in [3.63, 3.8) is 0 Å². The fourth-order valence-corrected chi connectivity index (χ4v) is 3.88. The van der Waals surface area contributed by atoms with Crippen LogP contribution in [0.4, 0.5) is 5.69 Å². The van der Waals surface area contributed by atoms with Crippen LogP contribution >= 0.6 is 11.3 Å². The third-order valence-corrected chi connectivity index (χ3v) is 5.68. The Hall–Kier alpha value is -3.46. The summed E-state index contributed by atoms with van der Waals surface area (Å²) in [5.74, 6) is 2.16. The van der Waals surface area contributed by atoms with E-state index in [9.17, 15) is 4.79 Å². The molecule has 0 saturated heterocycles. The van der Waals surface area contributed by atoms with Gasteiger partial charge < -0.3 is 14.8 Å². The number of hydrogen-bond donors (Lipinski definition) is 1. The average Bonchev–Trinajstić information content (AvgIpc) is 3.41. The normalized spacial score (nSPS) is 10.9. The Balaban J connectivity index is 1.61. The van der Waals surface area contributed by atoms with Crippen LogP contribution in [0.5, 0.6) is 11.5 Å². The Kier molecular flexibility index (Phi) is 5.37. The molecule has 0 saturated carbocycles. The molecule has 0 aliphatic carbocycles. The zero-order valence-corrected chi connectivity index (χ0v) is 17.9. The molecule has 0 atom stereocenters. The first-order valence-electron chi connectivity index (χ1n) is 9.28. The highest BCUT2D eigenvalue weighted by atomic mass is 32.1. The molecule has 0 aliphatic heterocycles. The van der Waals surface area contributed by atoms with Gasteiger partial charge in [-0.2, -0.15) is 4.98 Å². The van der Waals surface area contributed by atoms with Gasteiger partial charge in [0, 0.05) is 23.0 Å². The number of aryl methyl sites for hydroxylation is 2. The van der Waals surface area contributed by atoms with E-state index in [4.69, 9.17) is 9.47 Å². The predicted molar refractivity (Wildman–Crippen MR) is 115 cm³/mol. The summed E-state index contributed by atoms with van der Waals surface area (Å²) in [5, 5.41) is 9.46. The maximum atomic E-state index is 12.8. The summed E-state index contributed by atoms with van der Waals surface area (Å²) in [7, 11) is 3.13. The minimum atomic E-state index is -0.176. The molecule has 3 heterocycles. The molecule has 0 unspecified atom stereocenters. The number of carbonyl (C=O) groups is 1. The van der Waals surface area contributed by atoms with Gasteiger partial charge in [-0.15, -0.1) is 16.4 Å². The minimum Gasteiger partial charge on any atom is -0.497 e. The lowest BCUT2D eigenvalue weighted by atomic mass is 10.1. The van der Waals surface area contributed by atoms with E-state index in [0.717, 1.165) is 21.8 Å². The molecule has 0 aliphatic rings. The van der Waals surface area contributed by atoms with E-state index in [2.05, 4.69) is 20.4 Å². The van der Waals surface area contributed by atoms with Crippen molar-refractivity contribution in [3.8, 4) is 22.2 Å². The summed E-state index contributed by atoms with van der Waals surface area (Å²) in [6, 6.07) is 9.17. The molecule has 4 aromatic rings. The summed E-state index contributed by atoms with van der Waals surface area (Å²) >= 11 is 1.57. The molecule has 0 spiro atoms. The highest BCUT2D eigenvalue weighted by Crippen LogP contribution is 2.29. The molecule has 0 bridgehead atoms. The number of aromatic nitrogens is 4. The third-order valence-electron chi connectivity index (χ3n) is 4.81. The number of methoxy groups -OCH3 is 2. The molecule has 0 fully saturated rings. The molecule has 0 radical (unpaired) electrons. The van der Waals surface area contributed by atoms with Crippen LogP contribution in [0.25, 0.3) is 16.5 Å². The summed E-state index contributed by atoms with van der Waals surface area (Å²) in [4.78, 5) is 22.8. The lowest BCUT2D eigenvalue weighted by Gasteiger charge is -2.13. The van der Waals surface area contributed by atoms with Crippen molar-refractivity contribution in [3.05, 3.63) is 52.7 Å². The van der Waals surface area contributed by atoms with Gasteiger partial charge in [0.1, 0.15) is 11.5 Å². The van der Waals surface area contributed by atoms with Gasteiger partial charge in [0.25, 0.3) is 5.78 Å². The molecule has 9 heteroatoms. The van der Waals surface area contributed by atoms with Crippen LogP contribution in [-0.2, 0) is 11.2 Å². The van der Waals surface area contributed by atoms with Crippen molar-refractivity contribution in [2.45, 2.75) is 20.3 Å². The van der Waals surface area contributed by atoms with Gasteiger partial charge >= 0.3 is 0 Å². The summed E-state index contributed by atoms with van der Waals surface area (Å²) in [5.41, 5.74) is 2.98. The summed E-state index contributed by atoms with van der Waals surface area (Å²) in [6.45, 7) is 3.80. The number of rotatable bonds is 6. The van der Waals surface area contributed by atoms with Gasteiger partial charge in [-0.1, -0.05) is 6.07 Å². The number of benzene rings is 1. The summed E-state index contributed by atoms with van der Waals surface area (Å²) in [6.07, 6.45) is 0.157. The van der Waals surface area contributed by atoms with E-state index in [1.54, 1.807) is 48.3 Å². The first-order chi connectivity index (χ1) is 14.5. The number of thiophene rings is 1. The van der Waals surface area contributed by atoms with Crippen LogP contribution < -0.4 is 14.8 Å². The van der Waals surface area contributed by atoms with Crippen LogP contribution in [0.2, 0.25) is 0 Å². The van der Waals surface area contributed by atoms with E-state index in [-0.39, 0.29) is 12.3 Å². The smallest absolute Gasteiger partial charge is 0.253 e. The van der Waals surface area contributed by atoms with E-state index < -0.39 is 0 Å². The number of hydrogen-bond acceptors (Lipinski definition) is 7. The quantitative estimate of drug-likeness (QED) is 0.509. The molecule has 8 nitrogen and oxygen atoms in total. The Labute approximate surface area is 177 Å². The number of fused-ring (bicyclic) bond motifs is 1. The zero-order chi connectivity index (χ0) is 21.3. The van der Waals surface area contributed by atoms with Gasteiger partial charge in [-0.3, -0.25) is 4.79 Å². The fourth-order valence-electron chi connectivity index (χ4n) is 3.23. The molecule has 30 heavy (non-hydrogen) atoms. The lowest BCUT2D eigenvalue weighted by Crippen LogP contribution is -2.18. The molecule has 1 amide bonds. The largest absolute Gasteiger partial charge is 0.497 e. The van der Waals surface area contributed by atoms with Gasteiger partial charge in [0.15, 0.2) is 5.82 Å². The van der Waals surface area contributed by atoms with Crippen molar-refractivity contribution in [2.24, 2.45) is 0 Å². The van der Waals surface area contributed by atoms with Crippen molar-refractivity contribution < 1.29 is 14.3 Å². The zero-order valence-electron chi connectivity index (χ0n) is 17.1. The second-order valence-electron chi connectivity index (χ2n) is 6.68. The number of nitrogens with one attached hydrogen (secondary N) is 1. The van der Waals surface area contributed by atoms with Gasteiger partial charge in [-0.05, 0) is 37.4 Å². The van der Waals surface area contributed by atoms with Crippen molar-refractivity contribution >= 4 is 28.7 Å². The number of carbonyl (C=O) groups excluding carboxylic acids is 1. The van der Waals surface area contributed by atoms with Crippen molar-refractivity contribution in [1.29, 1.82) is 0 Å². The van der Waals surface area contributed by atoms with Gasteiger partial charge in [0.2, 0.25) is 5.91 Å². The highest BCUT2D eigenvalue weighted by Gasteiger charge is 2.18. The van der Waals surface area contributed by atoms with E-state index in [0.29, 0.717) is 28.8 Å². The second-order valence-corrected chi connectivity index (χ2v) is 7.62. The molecular weight excluding hydrogens is 402 g/mol.